The molecule has 13 nitrogen and oxygen atoms in total. The Balaban J connectivity index is 0.986. The summed E-state index contributed by atoms with van der Waals surface area (Å²) in [6.45, 7) is 6.48. The molecule has 1 atom stereocenters. The van der Waals surface area contributed by atoms with Crippen molar-refractivity contribution in [3.05, 3.63) is 52.1 Å². The zero-order chi connectivity index (χ0) is 28.6. The number of thiazole rings is 1. The summed E-state index contributed by atoms with van der Waals surface area (Å²) in [5.41, 5.74) is 7.71. The van der Waals surface area contributed by atoms with Crippen LogP contribution in [-0.2, 0) is 11.3 Å². The number of ether oxygens (including phenoxy) is 2. The molecule has 0 saturated carbocycles. The first-order valence-corrected chi connectivity index (χ1v) is 14.7. The first-order valence-electron chi connectivity index (χ1n) is 13.8. The van der Waals surface area contributed by atoms with Crippen molar-refractivity contribution in [1.29, 1.82) is 0 Å². The van der Waals surface area contributed by atoms with E-state index in [2.05, 4.69) is 25.3 Å². The highest BCUT2D eigenvalue weighted by Gasteiger charge is 2.23. The number of rotatable bonds is 8. The van der Waals surface area contributed by atoms with Gasteiger partial charge in [0.25, 0.3) is 0 Å². The topological polar surface area (TPSA) is 141 Å². The number of nitrogens with zero attached hydrogens (tertiary/aromatic N) is 7. The van der Waals surface area contributed by atoms with Crippen LogP contribution in [0.2, 0.25) is 0 Å². The Bertz CT molecular complexity index is 1750. The summed E-state index contributed by atoms with van der Waals surface area (Å²) in [6.07, 6.45) is 1.51. The van der Waals surface area contributed by atoms with Crippen LogP contribution < -0.4 is 25.6 Å². The zero-order valence-corrected chi connectivity index (χ0v) is 23.6. The summed E-state index contributed by atoms with van der Waals surface area (Å²) in [4.78, 5) is 26.2. The molecular weight excluding hydrogens is 565 g/mol. The molecule has 220 valence electrons. The van der Waals surface area contributed by atoms with Crippen molar-refractivity contribution in [2.45, 2.75) is 12.6 Å². The number of halogens is 1. The molecule has 2 fully saturated rings. The van der Waals surface area contributed by atoms with Gasteiger partial charge in [-0.15, -0.1) is 5.10 Å². The molecule has 0 amide bonds. The van der Waals surface area contributed by atoms with E-state index in [0.29, 0.717) is 78.4 Å². The first-order chi connectivity index (χ1) is 20.5. The number of nitrogens with one attached hydrogen (secondary N) is 1. The number of aromatic nitrogens is 5. The predicted molar refractivity (Wildman–Crippen MR) is 156 cm³/mol. The highest BCUT2D eigenvalue weighted by Crippen LogP contribution is 2.27. The molecule has 4 aromatic heterocycles. The van der Waals surface area contributed by atoms with Gasteiger partial charge in [-0.3, -0.25) is 14.3 Å². The van der Waals surface area contributed by atoms with Crippen molar-refractivity contribution < 1.29 is 18.3 Å². The normalized spacial score (nSPS) is 18.3. The lowest BCUT2D eigenvalue weighted by atomic mass is 10.2. The molecule has 6 heterocycles. The number of benzene rings is 1. The lowest BCUT2D eigenvalue weighted by molar-refractivity contribution is 0.000140. The number of morpholine rings is 1. The smallest absolute Gasteiger partial charge is 0.309 e. The maximum Gasteiger partial charge on any atom is 0.309 e. The Hall–Kier alpha value is -4.05. The Morgan fingerprint density at radius 3 is 2.79 bits per heavy atom. The quantitative estimate of drug-likeness (QED) is 0.271. The van der Waals surface area contributed by atoms with E-state index in [0.717, 1.165) is 37.5 Å². The molecule has 0 radical (unpaired) electrons. The second kappa shape index (κ2) is 11.3. The summed E-state index contributed by atoms with van der Waals surface area (Å²) in [5, 5.41) is 7.66. The van der Waals surface area contributed by atoms with Gasteiger partial charge < -0.3 is 29.8 Å². The van der Waals surface area contributed by atoms with Gasteiger partial charge in [-0.25, -0.2) is 9.37 Å². The largest absolute Gasteiger partial charge is 0.491 e. The molecule has 1 aromatic carbocycles. The average Bonchev–Trinajstić information content (AvgIpc) is 3.76. The highest BCUT2D eigenvalue weighted by atomic mass is 32.1. The van der Waals surface area contributed by atoms with Crippen molar-refractivity contribution in [3.63, 3.8) is 0 Å². The van der Waals surface area contributed by atoms with Crippen LogP contribution in [0, 0.1) is 5.82 Å². The fourth-order valence-electron chi connectivity index (χ4n) is 5.34. The summed E-state index contributed by atoms with van der Waals surface area (Å²) in [5.74, 6) is 1.20. The van der Waals surface area contributed by atoms with Gasteiger partial charge in [0.05, 0.1) is 18.6 Å². The Morgan fingerprint density at radius 2 is 2.02 bits per heavy atom. The van der Waals surface area contributed by atoms with Gasteiger partial charge in [0.2, 0.25) is 11.8 Å². The van der Waals surface area contributed by atoms with Crippen molar-refractivity contribution >= 4 is 39.0 Å². The fourth-order valence-corrected chi connectivity index (χ4v) is 6.27. The van der Waals surface area contributed by atoms with E-state index in [4.69, 9.17) is 19.6 Å². The molecule has 0 aliphatic carbocycles. The standard InChI is InChI=1S/C27H30FN9O4S/c28-19-14-17(41-16-18-15-30-5-13-39-18)3-4-20(19)35-9-6-34(7-10-35)8-11-36-24-22(42-27(36)38)25-31-23(21-2-1-12-40-21)33-37(25)26(29)32-24/h1-4,12,14,18,30H,5-11,13,15-16H2,(H2,29,32). The van der Waals surface area contributed by atoms with Gasteiger partial charge in [-0.2, -0.15) is 9.50 Å². The van der Waals surface area contributed by atoms with Crippen LogP contribution in [0.1, 0.15) is 0 Å². The highest BCUT2D eigenvalue weighted by molar-refractivity contribution is 7.17. The van der Waals surface area contributed by atoms with Gasteiger partial charge in [0, 0.05) is 58.4 Å². The Kier molecular flexibility index (Phi) is 7.23. The first kappa shape index (κ1) is 26.8. The van der Waals surface area contributed by atoms with Crippen LogP contribution in [0.5, 0.6) is 5.75 Å². The number of nitrogen functional groups attached to an aromatic ring is 1. The molecule has 7 rings (SSSR count). The van der Waals surface area contributed by atoms with Crippen molar-refractivity contribution in [3.8, 4) is 17.3 Å². The van der Waals surface area contributed by atoms with E-state index in [9.17, 15) is 9.18 Å². The minimum Gasteiger partial charge on any atom is -0.491 e. The maximum atomic E-state index is 15.0. The molecule has 2 aliphatic heterocycles. The number of furan rings is 1. The maximum absolute atomic E-state index is 15.0. The average molecular weight is 596 g/mol. The minimum absolute atomic E-state index is 0.0328. The molecule has 1 unspecified atom stereocenters. The van der Waals surface area contributed by atoms with Gasteiger partial charge in [-0.05, 0) is 24.3 Å². The Labute approximate surface area is 243 Å². The molecule has 2 saturated heterocycles. The van der Waals surface area contributed by atoms with Gasteiger partial charge in [0.15, 0.2) is 17.1 Å². The predicted octanol–water partition coefficient (Wildman–Crippen LogP) is 1.67. The van der Waals surface area contributed by atoms with Gasteiger partial charge in [0.1, 0.15) is 29.0 Å². The van der Waals surface area contributed by atoms with Crippen LogP contribution in [0.4, 0.5) is 16.0 Å². The molecule has 0 bridgehead atoms. The molecule has 5 aromatic rings. The summed E-state index contributed by atoms with van der Waals surface area (Å²) >= 11 is 1.07. The van der Waals surface area contributed by atoms with E-state index in [-0.39, 0.29) is 22.7 Å². The SMILES string of the molecule is Nc1nc2c(sc(=O)n2CCN2CCN(c3ccc(OCC4CNCCO4)cc3F)CC2)c2nc(-c3ccco3)nn12. The number of nitrogens with two attached hydrogens (primary N) is 1. The van der Waals surface area contributed by atoms with Crippen LogP contribution in [-0.4, -0.2) is 94.2 Å². The molecular formula is C27H30FN9O4S. The second-order valence-electron chi connectivity index (χ2n) is 10.2. The second-order valence-corrected chi connectivity index (χ2v) is 11.2. The van der Waals surface area contributed by atoms with E-state index in [1.54, 1.807) is 35.1 Å². The Morgan fingerprint density at radius 1 is 1.14 bits per heavy atom. The van der Waals surface area contributed by atoms with Crippen LogP contribution in [0.25, 0.3) is 27.6 Å². The number of piperazine rings is 1. The van der Waals surface area contributed by atoms with Crippen LogP contribution in [0.3, 0.4) is 0 Å². The number of hydrogen-bond donors (Lipinski definition) is 2. The number of fused-ring (bicyclic) bond motifs is 3. The molecule has 42 heavy (non-hydrogen) atoms. The van der Waals surface area contributed by atoms with E-state index in [1.807, 2.05) is 4.90 Å². The lowest BCUT2D eigenvalue weighted by Crippen LogP contribution is -2.47. The summed E-state index contributed by atoms with van der Waals surface area (Å²) in [7, 11) is 0. The lowest BCUT2D eigenvalue weighted by Gasteiger charge is -2.36. The third-order valence-corrected chi connectivity index (χ3v) is 8.53. The fraction of sp³-hybridized carbons (Fsp3) is 0.407. The van der Waals surface area contributed by atoms with Gasteiger partial charge in [-0.1, -0.05) is 11.3 Å². The third kappa shape index (κ3) is 5.19. The summed E-state index contributed by atoms with van der Waals surface area (Å²) in [6, 6.07) is 8.53. The van der Waals surface area contributed by atoms with Gasteiger partial charge >= 0.3 is 4.87 Å². The van der Waals surface area contributed by atoms with E-state index in [1.165, 1.54) is 10.6 Å². The van der Waals surface area contributed by atoms with Crippen molar-refractivity contribution in [2.24, 2.45) is 0 Å². The van der Waals surface area contributed by atoms with E-state index >= 15 is 0 Å². The third-order valence-electron chi connectivity index (χ3n) is 7.57. The zero-order valence-electron chi connectivity index (χ0n) is 22.7. The minimum atomic E-state index is -0.307. The molecule has 15 heteroatoms. The van der Waals surface area contributed by atoms with Crippen LogP contribution in [0.15, 0.2) is 45.8 Å². The van der Waals surface area contributed by atoms with Crippen molar-refractivity contribution in [2.75, 3.05) is 69.7 Å². The molecule has 0 spiro atoms. The number of hydrogen-bond acceptors (Lipinski definition) is 12. The monoisotopic (exact) mass is 595 g/mol. The van der Waals surface area contributed by atoms with E-state index < -0.39 is 0 Å². The van der Waals surface area contributed by atoms with Crippen LogP contribution >= 0.6 is 11.3 Å². The van der Waals surface area contributed by atoms with Crippen molar-refractivity contribution in [1.82, 2.24) is 34.4 Å². The molecule has 3 N–H and O–H groups in total. The number of anilines is 2. The molecule has 2 aliphatic rings. The summed E-state index contributed by atoms with van der Waals surface area (Å²) < 4.78 is 35.5.